The molecule has 3 heteroatoms. The first-order valence-electron chi connectivity index (χ1n) is 3.74. The number of nitrogens with two attached hydrogens (primary N) is 1. The van der Waals surface area contributed by atoms with Gasteiger partial charge in [0.1, 0.15) is 5.84 Å². The average Bonchev–Trinajstić information content (AvgIpc) is 1.77. The van der Waals surface area contributed by atoms with Gasteiger partial charge in [0, 0.05) is 6.04 Å². The highest BCUT2D eigenvalue weighted by Gasteiger charge is 2.24. The second-order valence-corrected chi connectivity index (χ2v) is 3.18. The van der Waals surface area contributed by atoms with Crippen molar-refractivity contribution in [2.24, 2.45) is 11.7 Å². The summed E-state index contributed by atoms with van der Waals surface area (Å²) < 4.78 is 0. The maximum absolute atomic E-state index is 6.95. The van der Waals surface area contributed by atoms with Crippen LogP contribution in [0.1, 0.15) is 19.8 Å². The van der Waals surface area contributed by atoms with Gasteiger partial charge in [-0.05, 0) is 18.8 Å². The minimum Gasteiger partial charge on any atom is -0.387 e. The van der Waals surface area contributed by atoms with Crippen LogP contribution in [0.5, 0.6) is 0 Å². The summed E-state index contributed by atoms with van der Waals surface area (Å²) in [5.41, 5.74) is 5.17. The summed E-state index contributed by atoms with van der Waals surface area (Å²) in [7, 11) is 0. The molecule has 1 saturated carbocycles. The monoisotopic (exact) mass is 141 g/mol. The van der Waals surface area contributed by atoms with Crippen molar-refractivity contribution in [3.63, 3.8) is 0 Å². The fraction of sp³-hybridized carbons (Fsp3) is 0.857. The van der Waals surface area contributed by atoms with Gasteiger partial charge in [-0.2, -0.15) is 0 Å². The molecule has 1 fully saturated rings. The van der Waals surface area contributed by atoms with Gasteiger partial charge in [-0.3, -0.25) is 5.41 Å². The first-order chi connectivity index (χ1) is 4.68. The predicted octanol–water partition coefficient (Wildman–Crippen LogP) is 0.310. The standard InChI is InChI=1S/C7H15N3/c1-5-2-6(3-5)10-4-7(8)9/h5-6,10H,2-4H2,1H3,(H3,8,9). The highest BCUT2D eigenvalue weighted by atomic mass is 15.0. The van der Waals surface area contributed by atoms with Crippen molar-refractivity contribution in [2.75, 3.05) is 6.54 Å². The van der Waals surface area contributed by atoms with E-state index in [1.807, 2.05) is 0 Å². The lowest BCUT2D eigenvalue weighted by Gasteiger charge is -2.33. The van der Waals surface area contributed by atoms with Crippen LogP contribution in [-0.4, -0.2) is 18.4 Å². The van der Waals surface area contributed by atoms with Crippen molar-refractivity contribution in [3.8, 4) is 0 Å². The third kappa shape index (κ3) is 1.99. The van der Waals surface area contributed by atoms with Crippen LogP contribution in [0.25, 0.3) is 0 Å². The summed E-state index contributed by atoms with van der Waals surface area (Å²) in [5.74, 6) is 1.10. The number of hydrogen-bond donors (Lipinski definition) is 3. The van der Waals surface area contributed by atoms with E-state index >= 15 is 0 Å². The first-order valence-corrected chi connectivity index (χ1v) is 3.74. The number of rotatable bonds is 3. The highest BCUT2D eigenvalue weighted by Crippen LogP contribution is 2.25. The second kappa shape index (κ2) is 3.01. The fourth-order valence-corrected chi connectivity index (χ4v) is 1.32. The molecule has 1 aliphatic rings. The molecule has 0 spiro atoms. The number of hydrogen-bond acceptors (Lipinski definition) is 2. The van der Waals surface area contributed by atoms with Gasteiger partial charge in [0.05, 0.1) is 6.54 Å². The smallest absolute Gasteiger partial charge is 0.105 e. The summed E-state index contributed by atoms with van der Waals surface area (Å²) in [6.07, 6.45) is 2.49. The Morgan fingerprint density at radius 3 is 2.70 bits per heavy atom. The Morgan fingerprint density at radius 1 is 1.70 bits per heavy atom. The van der Waals surface area contributed by atoms with E-state index in [2.05, 4.69) is 12.2 Å². The van der Waals surface area contributed by atoms with Crippen LogP contribution in [0, 0.1) is 11.3 Å². The molecular formula is C7H15N3. The van der Waals surface area contributed by atoms with Crippen molar-refractivity contribution >= 4 is 5.84 Å². The zero-order chi connectivity index (χ0) is 7.56. The lowest BCUT2D eigenvalue weighted by Crippen LogP contribution is -2.43. The molecule has 3 nitrogen and oxygen atoms in total. The van der Waals surface area contributed by atoms with Crippen molar-refractivity contribution < 1.29 is 0 Å². The minimum absolute atomic E-state index is 0.236. The van der Waals surface area contributed by atoms with Crippen LogP contribution >= 0.6 is 0 Å². The SMILES string of the molecule is CC1CC(NCC(=N)N)C1. The van der Waals surface area contributed by atoms with E-state index in [1.165, 1.54) is 12.8 Å². The van der Waals surface area contributed by atoms with Gasteiger partial charge in [-0.15, -0.1) is 0 Å². The normalized spacial score (nSPS) is 31.3. The van der Waals surface area contributed by atoms with E-state index in [4.69, 9.17) is 11.1 Å². The molecule has 4 N–H and O–H groups in total. The lowest BCUT2D eigenvalue weighted by molar-refractivity contribution is 0.249. The molecule has 58 valence electrons. The van der Waals surface area contributed by atoms with Crippen molar-refractivity contribution in [3.05, 3.63) is 0 Å². The molecule has 0 bridgehead atoms. The molecule has 0 radical (unpaired) electrons. The Bertz CT molecular complexity index is 127. The molecule has 10 heavy (non-hydrogen) atoms. The maximum atomic E-state index is 6.95. The van der Waals surface area contributed by atoms with Crippen LogP contribution in [-0.2, 0) is 0 Å². The van der Waals surface area contributed by atoms with E-state index in [9.17, 15) is 0 Å². The van der Waals surface area contributed by atoms with Gasteiger partial charge in [0.2, 0.25) is 0 Å². The predicted molar refractivity (Wildman–Crippen MR) is 42.1 cm³/mol. The van der Waals surface area contributed by atoms with Crippen LogP contribution < -0.4 is 11.1 Å². The van der Waals surface area contributed by atoms with E-state index < -0.39 is 0 Å². The molecule has 1 aliphatic carbocycles. The van der Waals surface area contributed by atoms with Crippen LogP contribution in [0.2, 0.25) is 0 Å². The van der Waals surface area contributed by atoms with Crippen molar-refractivity contribution in [1.29, 1.82) is 5.41 Å². The molecule has 0 atom stereocenters. The Hall–Kier alpha value is -0.570. The van der Waals surface area contributed by atoms with Crippen molar-refractivity contribution in [2.45, 2.75) is 25.8 Å². The quantitative estimate of drug-likeness (QED) is 0.391. The van der Waals surface area contributed by atoms with Gasteiger partial charge >= 0.3 is 0 Å². The molecule has 0 amide bonds. The largest absolute Gasteiger partial charge is 0.387 e. The van der Waals surface area contributed by atoms with E-state index in [-0.39, 0.29) is 5.84 Å². The van der Waals surface area contributed by atoms with Crippen molar-refractivity contribution in [1.82, 2.24) is 5.32 Å². The van der Waals surface area contributed by atoms with Crippen LogP contribution in [0.3, 0.4) is 0 Å². The third-order valence-electron chi connectivity index (χ3n) is 1.95. The van der Waals surface area contributed by atoms with Crippen LogP contribution in [0.4, 0.5) is 0 Å². The zero-order valence-corrected chi connectivity index (χ0v) is 6.35. The summed E-state index contributed by atoms with van der Waals surface area (Å²) in [6, 6.07) is 0.624. The molecule has 0 aromatic heterocycles. The van der Waals surface area contributed by atoms with Gasteiger partial charge in [-0.25, -0.2) is 0 Å². The Morgan fingerprint density at radius 2 is 2.30 bits per heavy atom. The van der Waals surface area contributed by atoms with E-state index in [0.717, 1.165) is 5.92 Å². The molecular weight excluding hydrogens is 126 g/mol. The summed E-state index contributed by atoms with van der Waals surface area (Å²) >= 11 is 0. The molecule has 0 unspecified atom stereocenters. The van der Waals surface area contributed by atoms with Gasteiger partial charge < -0.3 is 11.1 Å². The van der Waals surface area contributed by atoms with E-state index in [1.54, 1.807) is 0 Å². The number of amidine groups is 1. The van der Waals surface area contributed by atoms with Gasteiger partial charge in [0.25, 0.3) is 0 Å². The third-order valence-corrected chi connectivity index (χ3v) is 1.95. The molecule has 0 heterocycles. The second-order valence-electron chi connectivity index (χ2n) is 3.18. The van der Waals surface area contributed by atoms with Gasteiger partial charge in [0.15, 0.2) is 0 Å². The van der Waals surface area contributed by atoms with Gasteiger partial charge in [-0.1, -0.05) is 6.92 Å². The van der Waals surface area contributed by atoms with Crippen LogP contribution in [0.15, 0.2) is 0 Å². The average molecular weight is 141 g/mol. The molecule has 1 rings (SSSR count). The number of nitrogens with one attached hydrogen (secondary N) is 2. The topological polar surface area (TPSA) is 61.9 Å². The lowest BCUT2D eigenvalue weighted by atomic mass is 9.82. The molecule has 0 aromatic rings. The summed E-state index contributed by atoms with van der Waals surface area (Å²) in [6.45, 7) is 2.79. The highest BCUT2D eigenvalue weighted by molar-refractivity contribution is 5.78. The Labute approximate surface area is 61.5 Å². The molecule has 0 aliphatic heterocycles. The zero-order valence-electron chi connectivity index (χ0n) is 6.35. The Balaban J connectivity index is 2.00. The minimum atomic E-state index is 0.236. The maximum Gasteiger partial charge on any atom is 0.105 e. The first kappa shape index (κ1) is 7.54. The summed E-state index contributed by atoms with van der Waals surface area (Å²) in [4.78, 5) is 0. The molecule has 0 aromatic carbocycles. The van der Waals surface area contributed by atoms with E-state index in [0.29, 0.717) is 12.6 Å². The fourth-order valence-electron chi connectivity index (χ4n) is 1.32. The molecule has 0 saturated heterocycles. The Kier molecular flexibility index (Phi) is 2.27. The summed E-state index contributed by atoms with van der Waals surface area (Å²) in [5, 5.41) is 10.2.